The molecule has 10 heteroatoms. The lowest BCUT2D eigenvalue weighted by atomic mass is 9.79. The van der Waals surface area contributed by atoms with Gasteiger partial charge in [-0.25, -0.2) is 9.78 Å². The molecule has 192 valence electrons. The number of likely N-dealkylation sites (tertiary alicyclic amines) is 1. The number of imidazole rings is 1. The first kappa shape index (κ1) is 27.2. The molecule has 0 aliphatic carbocycles. The van der Waals surface area contributed by atoms with E-state index in [2.05, 4.69) is 72.9 Å². The monoisotopic (exact) mass is 486 g/mol. The van der Waals surface area contributed by atoms with Gasteiger partial charge in [-0.3, -0.25) is 4.90 Å². The number of aromatic amines is 1. The van der Waals surface area contributed by atoms with Crippen molar-refractivity contribution in [1.29, 1.82) is 0 Å². The second-order valence-electron chi connectivity index (χ2n) is 10.7. The smallest absolute Gasteiger partial charge is 0.453 e. The van der Waals surface area contributed by atoms with Crippen molar-refractivity contribution in [3.8, 4) is 0 Å². The molecule has 2 N–H and O–H groups in total. The molecule has 2 aromatic rings. The Morgan fingerprint density at radius 3 is 2.46 bits per heavy atom. The number of nitrogens with zero attached hydrogens (tertiary/aromatic N) is 2. The van der Waals surface area contributed by atoms with Crippen LogP contribution < -0.4 is 10.8 Å². The Labute approximate surface area is 208 Å². The van der Waals surface area contributed by atoms with Crippen LogP contribution in [-0.2, 0) is 18.8 Å². The molecule has 35 heavy (non-hydrogen) atoms. The summed E-state index contributed by atoms with van der Waals surface area (Å²) >= 11 is 0. The second-order valence-corrected chi connectivity index (χ2v) is 10.7. The largest absolute Gasteiger partial charge is 0.494 e. The second kappa shape index (κ2) is 10.7. The van der Waals surface area contributed by atoms with Crippen molar-refractivity contribution < 1.29 is 23.6 Å². The summed E-state index contributed by atoms with van der Waals surface area (Å²) in [5, 5.41) is 2.39. The molecule has 0 bridgehead atoms. The normalized spacial score (nSPS) is 22.1. The van der Waals surface area contributed by atoms with Crippen molar-refractivity contribution in [2.75, 3.05) is 20.7 Å². The number of H-pyrrole nitrogens is 1. The Morgan fingerprint density at radius 1 is 1.29 bits per heavy atom. The van der Waals surface area contributed by atoms with Gasteiger partial charge >= 0.3 is 13.2 Å². The van der Waals surface area contributed by atoms with Gasteiger partial charge in [0.1, 0.15) is 12.1 Å². The topological polar surface area (TPSA) is 106 Å². The Bertz CT molecular complexity index is 1020. The summed E-state index contributed by atoms with van der Waals surface area (Å²) in [6.07, 6.45) is 2.52. The number of benzene rings is 1. The first-order valence-electron chi connectivity index (χ1n) is 12.2. The average molecular weight is 486 g/mol. The van der Waals surface area contributed by atoms with Crippen LogP contribution in [-0.4, -0.2) is 72.3 Å². The van der Waals surface area contributed by atoms with Gasteiger partial charge in [0.05, 0.1) is 41.4 Å². The minimum atomic E-state index is -0.573. The number of hydrogen-bond acceptors (Lipinski definition) is 7. The van der Waals surface area contributed by atoms with Crippen LogP contribution >= 0.6 is 0 Å². The van der Waals surface area contributed by atoms with Crippen LogP contribution in [0.1, 0.15) is 66.3 Å². The van der Waals surface area contributed by atoms with Crippen molar-refractivity contribution in [3.05, 3.63) is 24.0 Å². The Balaban J connectivity index is 0.000000266. The number of carbonyl (C=O) groups is 2. The van der Waals surface area contributed by atoms with E-state index in [9.17, 15) is 9.59 Å². The summed E-state index contributed by atoms with van der Waals surface area (Å²) in [6.45, 7) is 13.1. The van der Waals surface area contributed by atoms with Crippen LogP contribution in [0.4, 0.5) is 4.79 Å². The van der Waals surface area contributed by atoms with Gasteiger partial charge in [0.15, 0.2) is 0 Å². The van der Waals surface area contributed by atoms with Crippen LogP contribution in [0.3, 0.4) is 0 Å². The number of rotatable bonds is 5. The molecule has 1 aromatic carbocycles. The molecular weight excluding hydrogens is 447 g/mol. The van der Waals surface area contributed by atoms with E-state index in [1.807, 2.05) is 13.8 Å². The van der Waals surface area contributed by atoms with E-state index in [4.69, 9.17) is 14.3 Å². The van der Waals surface area contributed by atoms with Gasteiger partial charge in [0, 0.05) is 0 Å². The lowest BCUT2D eigenvalue weighted by Crippen LogP contribution is -2.41. The van der Waals surface area contributed by atoms with Gasteiger partial charge < -0.3 is 29.1 Å². The molecule has 0 saturated carbocycles. The number of aldehydes is 1. The van der Waals surface area contributed by atoms with Gasteiger partial charge in [-0.1, -0.05) is 19.9 Å². The summed E-state index contributed by atoms with van der Waals surface area (Å²) in [4.78, 5) is 31.6. The zero-order valence-corrected chi connectivity index (χ0v) is 22.2. The zero-order valence-electron chi connectivity index (χ0n) is 22.2. The lowest BCUT2D eigenvalue weighted by Gasteiger charge is -2.32. The third-order valence-electron chi connectivity index (χ3n) is 7.22. The average Bonchev–Trinajstić information content (AvgIpc) is 3.46. The van der Waals surface area contributed by atoms with E-state index in [0.29, 0.717) is 12.3 Å². The van der Waals surface area contributed by atoms with Gasteiger partial charge in [0.25, 0.3) is 0 Å². The number of hydrogen-bond donors (Lipinski definition) is 2. The Kier molecular flexibility index (Phi) is 8.29. The zero-order chi connectivity index (χ0) is 26.0. The Morgan fingerprint density at radius 2 is 1.94 bits per heavy atom. The highest BCUT2D eigenvalue weighted by molar-refractivity contribution is 6.62. The number of methoxy groups -OCH3 is 1. The molecule has 2 aliphatic rings. The van der Waals surface area contributed by atoms with E-state index in [-0.39, 0.29) is 24.2 Å². The molecular formula is C25H39BN4O5. The first-order valence-corrected chi connectivity index (χ1v) is 12.2. The minimum Gasteiger partial charge on any atom is -0.453 e. The molecule has 0 spiro atoms. The van der Waals surface area contributed by atoms with Crippen LogP contribution in [0.25, 0.3) is 11.0 Å². The van der Waals surface area contributed by atoms with Crippen LogP contribution in [0.2, 0.25) is 0 Å². The quantitative estimate of drug-likeness (QED) is 0.494. The predicted molar refractivity (Wildman–Crippen MR) is 137 cm³/mol. The number of fused-ring (bicyclic) bond motifs is 1. The van der Waals surface area contributed by atoms with Crippen LogP contribution in [0, 0.1) is 5.92 Å². The maximum atomic E-state index is 10.6. The summed E-state index contributed by atoms with van der Waals surface area (Å²) < 4.78 is 16.6. The van der Waals surface area contributed by atoms with Crippen molar-refractivity contribution in [2.45, 2.75) is 77.7 Å². The number of ether oxygens (including phenoxy) is 1. The van der Waals surface area contributed by atoms with Gasteiger partial charge in [-0.2, -0.15) is 0 Å². The molecule has 1 aromatic heterocycles. The predicted octanol–water partition coefficient (Wildman–Crippen LogP) is 3.19. The van der Waals surface area contributed by atoms with Gasteiger partial charge in [0.2, 0.25) is 0 Å². The fraction of sp³-hybridized carbons (Fsp3) is 0.640. The molecule has 4 rings (SSSR count). The summed E-state index contributed by atoms with van der Waals surface area (Å²) in [7, 11) is 3.10. The maximum absolute atomic E-state index is 10.6. The fourth-order valence-electron chi connectivity index (χ4n) is 4.14. The number of alkyl carbamates (subject to hydrolysis) is 1. The fourth-order valence-corrected chi connectivity index (χ4v) is 4.14. The van der Waals surface area contributed by atoms with Crippen molar-refractivity contribution in [1.82, 2.24) is 20.2 Å². The molecule has 2 unspecified atom stereocenters. The highest BCUT2D eigenvalue weighted by atomic mass is 16.7. The molecule has 2 fully saturated rings. The van der Waals surface area contributed by atoms with Crippen molar-refractivity contribution >= 4 is 36.0 Å². The van der Waals surface area contributed by atoms with Crippen molar-refractivity contribution in [3.63, 3.8) is 0 Å². The molecule has 2 atom stereocenters. The lowest BCUT2D eigenvalue weighted by molar-refractivity contribution is -0.110. The number of nitrogens with one attached hydrogen (secondary N) is 2. The molecule has 3 heterocycles. The van der Waals surface area contributed by atoms with Crippen molar-refractivity contribution in [2.24, 2.45) is 5.92 Å². The summed E-state index contributed by atoms with van der Waals surface area (Å²) in [5.74, 6) is 1.16. The summed E-state index contributed by atoms with van der Waals surface area (Å²) in [6, 6.07) is 6.18. The van der Waals surface area contributed by atoms with E-state index in [1.165, 1.54) is 20.0 Å². The van der Waals surface area contributed by atoms with Crippen LogP contribution in [0.5, 0.6) is 0 Å². The summed E-state index contributed by atoms with van der Waals surface area (Å²) in [5.41, 5.74) is 2.45. The van der Waals surface area contributed by atoms with E-state index < -0.39 is 12.1 Å². The molecule has 9 nitrogen and oxygen atoms in total. The standard InChI is InChI=1S/C18H26BN3O2.C7H13NO3/c1-17(2)18(3,4)24-19(23-17)12-8-9-13-14(11-12)21-16(20-13)15-7-6-10-22(15)5;1-5(2)6(4-9)8-7(10)11-3/h8-9,11,15H,6-7,10H2,1-5H3,(H,20,21);4-6H,1-3H3,(H,8,10). The van der Waals surface area contributed by atoms with E-state index >= 15 is 0 Å². The maximum Gasteiger partial charge on any atom is 0.494 e. The van der Waals surface area contributed by atoms with E-state index in [0.717, 1.165) is 28.9 Å². The van der Waals surface area contributed by atoms with Crippen LogP contribution in [0.15, 0.2) is 18.2 Å². The third-order valence-corrected chi connectivity index (χ3v) is 7.22. The van der Waals surface area contributed by atoms with Gasteiger partial charge in [-0.05, 0) is 77.6 Å². The number of aromatic nitrogens is 2. The Hall–Kier alpha value is -2.43. The molecule has 2 aliphatic heterocycles. The molecule has 1 amide bonds. The van der Waals surface area contributed by atoms with E-state index in [1.54, 1.807) is 0 Å². The first-order chi connectivity index (χ1) is 16.4. The minimum absolute atomic E-state index is 0.0894. The highest BCUT2D eigenvalue weighted by Crippen LogP contribution is 2.36. The number of amides is 1. The number of carbonyl (C=O) groups excluding carboxylic acids is 2. The third kappa shape index (κ3) is 6.05. The molecule has 2 saturated heterocycles. The SMILES string of the molecule is CN1CCCC1c1nc2ccc(B3OC(C)(C)C(C)(C)O3)cc2[nH]1.COC(=O)NC(C=O)C(C)C. The van der Waals surface area contributed by atoms with Gasteiger partial charge in [-0.15, -0.1) is 0 Å². The highest BCUT2D eigenvalue weighted by Gasteiger charge is 2.51. The molecule has 0 radical (unpaired) electrons.